The fraction of sp³-hybridized carbons (Fsp3) is 0.308. The number of nitrogens with zero attached hydrogens (tertiary/aromatic N) is 1. The van der Waals surface area contributed by atoms with Crippen molar-refractivity contribution >= 4 is 10.9 Å². The fourth-order valence-corrected chi connectivity index (χ4v) is 2.47. The minimum Gasteiger partial charge on any atom is -0.222 e. The number of benzene rings is 1. The standard InChI is InChI=1S/C13H14N.ClHO4/c1-10-7-8-12-5-2-4-11-6-3-9-14(10)13(11)12;2-1(3,4)5/h2,4-5,7-8H,3,6,9H2,1H3;(H,2,3,4,5)/q+1;/p-1. The largest absolute Gasteiger partial charge is 0.222 e. The molecule has 0 N–H and O–H groups in total. The van der Waals surface area contributed by atoms with Crippen molar-refractivity contribution in [2.75, 3.05) is 0 Å². The molecule has 1 aliphatic rings. The summed E-state index contributed by atoms with van der Waals surface area (Å²) in [5, 5.41) is 1.38. The number of hydrogen-bond donors (Lipinski definition) is 0. The van der Waals surface area contributed by atoms with Crippen molar-refractivity contribution in [3.8, 4) is 0 Å². The highest BCUT2D eigenvalue weighted by Crippen LogP contribution is 2.20. The molecule has 0 amide bonds. The molecule has 19 heavy (non-hydrogen) atoms. The minimum atomic E-state index is -4.94. The fourth-order valence-electron chi connectivity index (χ4n) is 2.47. The van der Waals surface area contributed by atoms with Crippen LogP contribution in [0.5, 0.6) is 0 Å². The van der Waals surface area contributed by atoms with Gasteiger partial charge in [0.15, 0.2) is 5.69 Å². The van der Waals surface area contributed by atoms with Crippen LogP contribution < -0.4 is 23.2 Å². The van der Waals surface area contributed by atoms with Gasteiger partial charge in [0.2, 0.25) is 5.52 Å². The van der Waals surface area contributed by atoms with Gasteiger partial charge in [-0.25, -0.2) is 18.6 Å². The van der Waals surface area contributed by atoms with E-state index in [1.165, 1.54) is 41.5 Å². The summed E-state index contributed by atoms with van der Waals surface area (Å²) < 4.78 is 36.4. The quantitative estimate of drug-likeness (QED) is 0.505. The van der Waals surface area contributed by atoms with E-state index in [0.717, 1.165) is 0 Å². The van der Waals surface area contributed by atoms with E-state index in [1.807, 2.05) is 0 Å². The van der Waals surface area contributed by atoms with Gasteiger partial charge in [0, 0.05) is 30.4 Å². The zero-order valence-electron chi connectivity index (χ0n) is 10.5. The van der Waals surface area contributed by atoms with E-state index in [1.54, 1.807) is 0 Å². The Balaban J connectivity index is 0.000000232. The molecule has 0 aliphatic carbocycles. The first-order valence-corrected chi connectivity index (χ1v) is 7.12. The highest BCUT2D eigenvalue weighted by atomic mass is 35.7. The number of hydrogen-bond acceptors (Lipinski definition) is 4. The highest BCUT2D eigenvalue weighted by molar-refractivity contribution is 5.79. The Hall–Kier alpha value is -1.24. The van der Waals surface area contributed by atoms with Crippen LogP contribution >= 0.6 is 0 Å². The molecule has 0 saturated carbocycles. The molecule has 0 spiro atoms. The second-order valence-electron chi connectivity index (χ2n) is 4.46. The molecule has 5 nitrogen and oxygen atoms in total. The lowest BCUT2D eigenvalue weighted by Crippen LogP contribution is -2.68. The minimum absolute atomic E-state index is 1.18. The Morgan fingerprint density at radius 2 is 1.74 bits per heavy atom. The Bertz CT molecular complexity index is 589. The van der Waals surface area contributed by atoms with Gasteiger partial charge in [-0.1, -0.05) is 12.1 Å². The average Bonchev–Trinajstić information content (AvgIpc) is 2.32. The number of halogens is 1. The Labute approximate surface area is 113 Å². The molecule has 1 aliphatic heterocycles. The van der Waals surface area contributed by atoms with Gasteiger partial charge in [-0.3, -0.25) is 0 Å². The first-order valence-electron chi connectivity index (χ1n) is 5.89. The Kier molecular flexibility index (Phi) is 4.03. The molecule has 2 heterocycles. The lowest BCUT2D eigenvalue weighted by Gasteiger charge is -2.17. The highest BCUT2D eigenvalue weighted by Gasteiger charge is 2.20. The normalized spacial score (nSPS) is 13.9. The van der Waals surface area contributed by atoms with Gasteiger partial charge in [0.25, 0.3) is 0 Å². The molecule has 0 bridgehead atoms. The molecular weight excluding hydrogens is 270 g/mol. The molecular formula is C13H14ClNO4. The second-order valence-corrected chi connectivity index (χ2v) is 5.22. The predicted molar refractivity (Wildman–Crippen MR) is 57.2 cm³/mol. The molecule has 1 aromatic heterocycles. The summed E-state index contributed by atoms with van der Waals surface area (Å²) in [6.45, 7) is 3.38. The summed E-state index contributed by atoms with van der Waals surface area (Å²) in [5.41, 5.74) is 4.35. The number of pyridine rings is 1. The van der Waals surface area contributed by atoms with Crippen molar-refractivity contribution < 1.29 is 33.4 Å². The molecule has 102 valence electrons. The van der Waals surface area contributed by atoms with Crippen LogP contribution in [0.3, 0.4) is 0 Å². The molecule has 0 radical (unpaired) electrons. The third-order valence-corrected chi connectivity index (χ3v) is 3.18. The number of aryl methyl sites for hydroxylation is 3. The zero-order chi connectivity index (χ0) is 14.0. The average molecular weight is 284 g/mol. The van der Waals surface area contributed by atoms with Crippen molar-refractivity contribution in [1.29, 1.82) is 0 Å². The van der Waals surface area contributed by atoms with Crippen LogP contribution in [-0.2, 0) is 13.0 Å². The van der Waals surface area contributed by atoms with Gasteiger partial charge in [-0.2, -0.15) is 4.57 Å². The van der Waals surface area contributed by atoms with Gasteiger partial charge in [-0.05, 0) is 18.6 Å². The van der Waals surface area contributed by atoms with E-state index >= 15 is 0 Å². The molecule has 0 unspecified atom stereocenters. The van der Waals surface area contributed by atoms with E-state index in [0.29, 0.717) is 0 Å². The van der Waals surface area contributed by atoms with Gasteiger partial charge < -0.3 is 0 Å². The number of rotatable bonds is 0. The summed E-state index contributed by atoms with van der Waals surface area (Å²) in [4.78, 5) is 0. The van der Waals surface area contributed by atoms with Gasteiger partial charge in [0.05, 0.1) is 0 Å². The molecule has 2 aromatic rings. The van der Waals surface area contributed by atoms with E-state index in [4.69, 9.17) is 18.6 Å². The summed E-state index contributed by atoms with van der Waals surface area (Å²) in [7, 11) is -4.94. The summed E-state index contributed by atoms with van der Waals surface area (Å²) in [6, 6.07) is 11.1. The maximum atomic E-state index is 8.49. The number of para-hydroxylation sites is 1. The Morgan fingerprint density at radius 3 is 2.42 bits per heavy atom. The van der Waals surface area contributed by atoms with Crippen molar-refractivity contribution in [2.24, 2.45) is 0 Å². The van der Waals surface area contributed by atoms with Crippen LogP contribution in [0.25, 0.3) is 10.9 Å². The molecule has 0 saturated heterocycles. The van der Waals surface area contributed by atoms with E-state index in [-0.39, 0.29) is 0 Å². The smallest absolute Gasteiger partial charge is 0.215 e. The van der Waals surface area contributed by atoms with Crippen LogP contribution in [0.2, 0.25) is 0 Å². The SMILES string of the molecule is Cc1ccc2cccc3c2[n+]1CCC3.[O-][Cl+3]([O-])([O-])[O-]. The van der Waals surface area contributed by atoms with E-state index in [9.17, 15) is 0 Å². The van der Waals surface area contributed by atoms with Gasteiger partial charge in [-0.15, -0.1) is 10.2 Å². The third-order valence-electron chi connectivity index (χ3n) is 3.18. The summed E-state index contributed by atoms with van der Waals surface area (Å²) in [6.07, 6.45) is 2.52. The lowest BCUT2D eigenvalue weighted by molar-refractivity contribution is -2.00. The van der Waals surface area contributed by atoms with E-state index in [2.05, 4.69) is 41.8 Å². The van der Waals surface area contributed by atoms with Crippen LogP contribution in [0.15, 0.2) is 30.3 Å². The molecule has 3 rings (SSSR count). The van der Waals surface area contributed by atoms with Crippen LogP contribution in [0.4, 0.5) is 0 Å². The zero-order valence-corrected chi connectivity index (χ0v) is 11.2. The summed E-state index contributed by atoms with van der Waals surface area (Å²) >= 11 is 0. The van der Waals surface area contributed by atoms with Crippen molar-refractivity contribution in [1.82, 2.24) is 0 Å². The van der Waals surface area contributed by atoms with Crippen molar-refractivity contribution in [2.45, 2.75) is 26.3 Å². The van der Waals surface area contributed by atoms with E-state index < -0.39 is 10.2 Å². The van der Waals surface area contributed by atoms with Crippen molar-refractivity contribution in [3.05, 3.63) is 41.6 Å². The number of aromatic nitrogens is 1. The maximum absolute atomic E-state index is 8.49. The molecule has 1 aromatic carbocycles. The Morgan fingerprint density at radius 1 is 1.05 bits per heavy atom. The van der Waals surface area contributed by atoms with Crippen LogP contribution in [0, 0.1) is 17.2 Å². The maximum Gasteiger partial charge on any atom is 0.215 e. The molecule has 6 heteroatoms. The van der Waals surface area contributed by atoms with Crippen LogP contribution in [-0.4, -0.2) is 0 Å². The van der Waals surface area contributed by atoms with Gasteiger partial charge >= 0.3 is 0 Å². The van der Waals surface area contributed by atoms with Crippen molar-refractivity contribution in [3.63, 3.8) is 0 Å². The first-order chi connectivity index (χ1) is 8.86. The molecule has 0 atom stereocenters. The second kappa shape index (κ2) is 5.40. The monoisotopic (exact) mass is 283 g/mol. The van der Waals surface area contributed by atoms with Gasteiger partial charge in [0.1, 0.15) is 6.54 Å². The first kappa shape index (κ1) is 14.2. The topological polar surface area (TPSA) is 96.1 Å². The lowest BCUT2D eigenvalue weighted by atomic mass is 10.0. The summed E-state index contributed by atoms with van der Waals surface area (Å²) in [5.74, 6) is 0. The third kappa shape index (κ3) is 3.62. The predicted octanol–water partition coefficient (Wildman–Crippen LogP) is -2.37. The molecule has 0 fully saturated rings. The van der Waals surface area contributed by atoms with Crippen LogP contribution in [0.1, 0.15) is 17.7 Å².